The molecule has 3 aromatic heterocycles. The number of aromatic carboxylic acids is 1. The van der Waals surface area contributed by atoms with Crippen molar-refractivity contribution in [2.45, 2.75) is 0 Å². The van der Waals surface area contributed by atoms with Crippen LogP contribution in [0.4, 0.5) is 17.1 Å². The number of nitrogens with zero attached hydrogens (tertiary/aromatic N) is 3. The number of aromatic amines is 2. The van der Waals surface area contributed by atoms with E-state index in [0.29, 0.717) is 0 Å². The van der Waals surface area contributed by atoms with E-state index in [1.807, 2.05) is 66.8 Å². The average Bonchev–Trinajstić information content (AvgIpc) is 4.01. The zero-order chi connectivity index (χ0) is 35.0. The normalized spacial score (nSPS) is 11.8. The predicted octanol–water partition coefficient (Wildman–Crippen LogP) is 11.2. The molecule has 0 saturated carbocycles. The predicted molar refractivity (Wildman–Crippen MR) is 211 cm³/mol. The number of hydrogen-bond acceptors (Lipinski definition) is 4. The maximum Gasteiger partial charge on any atom is 0.335 e. The lowest BCUT2D eigenvalue weighted by Gasteiger charge is -2.25. The number of para-hydroxylation sites is 2. The molecule has 3 N–H and O–H groups in total. The average molecular weight is 674 g/mol. The third-order valence-electron chi connectivity index (χ3n) is 9.26. The van der Waals surface area contributed by atoms with Gasteiger partial charge < -0.3 is 20.0 Å². The van der Waals surface area contributed by atoms with Gasteiger partial charge in [-0.15, -0.1) is 0 Å². The fraction of sp³-hybridized carbons (Fsp3) is 0. The summed E-state index contributed by atoms with van der Waals surface area (Å²) in [6.45, 7) is 0. The summed E-state index contributed by atoms with van der Waals surface area (Å²) in [7, 11) is 0. The highest BCUT2D eigenvalue weighted by Gasteiger charge is 2.16. The topological polar surface area (TPSA) is 97.9 Å². The van der Waals surface area contributed by atoms with Crippen LogP contribution < -0.4 is 4.90 Å². The Hall–Kier alpha value is -7.25. The number of hydrogen-bond donors (Lipinski definition) is 3. The molecular weight excluding hydrogens is 643 g/mol. The summed E-state index contributed by atoms with van der Waals surface area (Å²) < 4.78 is 0. The van der Waals surface area contributed by atoms with Gasteiger partial charge in [0, 0.05) is 50.3 Å². The third kappa shape index (κ3) is 5.86. The van der Waals surface area contributed by atoms with Crippen molar-refractivity contribution in [3.05, 3.63) is 174 Å². The van der Waals surface area contributed by atoms with E-state index >= 15 is 0 Å². The first-order valence-electron chi connectivity index (χ1n) is 17.0. The molecule has 2 aliphatic heterocycles. The van der Waals surface area contributed by atoms with Crippen molar-refractivity contribution in [2.24, 2.45) is 0 Å². The minimum Gasteiger partial charge on any atom is -0.478 e. The monoisotopic (exact) mass is 673 g/mol. The fourth-order valence-electron chi connectivity index (χ4n) is 6.84. The Morgan fingerprint density at radius 2 is 0.942 bits per heavy atom. The molecule has 7 nitrogen and oxygen atoms in total. The second-order valence-corrected chi connectivity index (χ2v) is 12.6. The van der Waals surface area contributed by atoms with Crippen LogP contribution in [-0.4, -0.2) is 31.0 Å². The maximum absolute atomic E-state index is 11.6. The van der Waals surface area contributed by atoms with E-state index in [9.17, 15) is 9.90 Å². The molecule has 5 heterocycles. The quantitative estimate of drug-likeness (QED) is 0.163. The van der Waals surface area contributed by atoms with Gasteiger partial charge in [-0.25, -0.2) is 14.8 Å². The first-order valence-corrected chi connectivity index (χ1v) is 17.0. The Balaban J connectivity index is 1.21. The molecule has 0 atom stereocenters. The summed E-state index contributed by atoms with van der Waals surface area (Å²) in [6.07, 6.45) is 8.09. The van der Waals surface area contributed by atoms with Gasteiger partial charge in [-0.3, -0.25) is 0 Å². The van der Waals surface area contributed by atoms with Gasteiger partial charge in [0.2, 0.25) is 0 Å². The molecule has 4 aromatic carbocycles. The summed E-state index contributed by atoms with van der Waals surface area (Å²) in [5.74, 6) is -0.961. The Bertz CT molecular complexity index is 2650. The van der Waals surface area contributed by atoms with Gasteiger partial charge in [0.15, 0.2) is 0 Å². The minimum atomic E-state index is -0.961. The van der Waals surface area contributed by atoms with Crippen molar-refractivity contribution in [2.75, 3.05) is 4.90 Å². The van der Waals surface area contributed by atoms with Gasteiger partial charge in [-0.1, -0.05) is 60.7 Å². The number of H-pyrrole nitrogens is 2. The zero-order valence-corrected chi connectivity index (χ0v) is 27.9. The van der Waals surface area contributed by atoms with E-state index in [1.54, 1.807) is 12.1 Å². The number of fused-ring (bicyclic) bond motifs is 8. The molecule has 7 heteroatoms. The van der Waals surface area contributed by atoms with Crippen molar-refractivity contribution in [1.82, 2.24) is 19.9 Å². The van der Waals surface area contributed by atoms with Crippen LogP contribution in [0.15, 0.2) is 146 Å². The molecular formula is C45H31N5O2. The minimum absolute atomic E-state index is 0.233. The van der Waals surface area contributed by atoms with Gasteiger partial charge in [0.25, 0.3) is 0 Å². The number of carboxylic acid groups (broad SMARTS) is 1. The molecule has 0 fully saturated rings. The van der Waals surface area contributed by atoms with Crippen LogP contribution in [-0.2, 0) is 0 Å². The van der Waals surface area contributed by atoms with E-state index in [1.165, 1.54) is 0 Å². The molecule has 0 amide bonds. The van der Waals surface area contributed by atoms with E-state index in [-0.39, 0.29) is 5.56 Å². The molecule has 0 aliphatic carbocycles. The summed E-state index contributed by atoms with van der Waals surface area (Å²) >= 11 is 0. The van der Waals surface area contributed by atoms with Gasteiger partial charge in [-0.2, -0.15) is 0 Å². The molecule has 248 valence electrons. The van der Waals surface area contributed by atoms with Crippen LogP contribution in [0.2, 0.25) is 0 Å². The Kier molecular flexibility index (Phi) is 7.63. The number of benzene rings is 4. The molecule has 2 aliphatic rings. The first kappa shape index (κ1) is 30.8. The molecule has 0 saturated heterocycles. The Labute approximate surface area is 299 Å². The van der Waals surface area contributed by atoms with E-state index in [2.05, 4.69) is 106 Å². The van der Waals surface area contributed by atoms with Crippen molar-refractivity contribution in [3.8, 4) is 22.3 Å². The lowest BCUT2D eigenvalue weighted by Crippen LogP contribution is -2.09. The number of aromatic nitrogens is 4. The number of rotatable bonds is 6. The molecule has 0 radical (unpaired) electrons. The van der Waals surface area contributed by atoms with Crippen molar-refractivity contribution in [3.63, 3.8) is 0 Å². The summed E-state index contributed by atoms with van der Waals surface area (Å²) in [4.78, 5) is 31.1. The van der Waals surface area contributed by atoms with Crippen LogP contribution in [0.25, 0.3) is 68.6 Å². The zero-order valence-electron chi connectivity index (χ0n) is 27.9. The van der Waals surface area contributed by atoms with Crippen LogP contribution >= 0.6 is 0 Å². The molecule has 0 spiro atoms. The van der Waals surface area contributed by atoms with Gasteiger partial charge >= 0.3 is 5.97 Å². The van der Waals surface area contributed by atoms with Gasteiger partial charge in [0.1, 0.15) is 0 Å². The van der Waals surface area contributed by atoms with Crippen LogP contribution in [0.3, 0.4) is 0 Å². The number of anilines is 3. The van der Waals surface area contributed by atoms with Crippen molar-refractivity contribution < 1.29 is 9.90 Å². The fourth-order valence-corrected chi connectivity index (χ4v) is 6.84. The highest BCUT2D eigenvalue weighted by molar-refractivity contribution is 5.94. The second-order valence-electron chi connectivity index (χ2n) is 12.6. The largest absolute Gasteiger partial charge is 0.478 e. The Morgan fingerprint density at radius 3 is 1.40 bits per heavy atom. The molecule has 7 aromatic rings. The second kappa shape index (κ2) is 12.9. The summed E-state index contributed by atoms with van der Waals surface area (Å²) in [5, 5.41) is 9.47. The molecule has 0 unspecified atom stereocenters. The number of carbonyl (C=O) groups is 1. The summed E-state index contributed by atoms with van der Waals surface area (Å²) in [6, 6.07) is 48.6. The first-order chi connectivity index (χ1) is 25.6. The number of carboxylic acids is 1. The van der Waals surface area contributed by atoms with Crippen molar-refractivity contribution in [1.29, 1.82) is 0 Å². The van der Waals surface area contributed by atoms with Crippen LogP contribution in [0.1, 0.15) is 33.1 Å². The third-order valence-corrected chi connectivity index (χ3v) is 9.26. The Morgan fingerprint density at radius 1 is 0.500 bits per heavy atom. The lowest BCUT2D eigenvalue weighted by atomic mass is 10.0. The highest BCUT2D eigenvalue weighted by atomic mass is 16.4. The summed E-state index contributed by atoms with van der Waals surface area (Å²) in [5.41, 5.74) is 14.1. The number of nitrogens with one attached hydrogen (secondary N) is 2. The highest BCUT2D eigenvalue weighted by Crippen LogP contribution is 2.37. The SMILES string of the molecule is O=C(O)c1ccc(-c2c3nc(cc4ccc([nH]4)c(-c4ccc(N(c5ccccc5)c5ccccc5)cc4)c4nc(cc5ccc2[nH]5)C=C4)C=C3)cc1. The van der Waals surface area contributed by atoms with Gasteiger partial charge in [0.05, 0.1) is 28.3 Å². The van der Waals surface area contributed by atoms with E-state index in [0.717, 1.165) is 84.2 Å². The van der Waals surface area contributed by atoms with Crippen LogP contribution in [0.5, 0.6) is 0 Å². The van der Waals surface area contributed by atoms with E-state index < -0.39 is 5.97 Å². The lowest BCUT2D eigenvalue weighted by molar-refractivity contribution is 0.0697. The van der Waals surface area contributed by atoms with E-state index in [4.69, 9.17) is 9.97 Å². The smallest absolute Gasteiger partial charge is 0.335 e. The molecule has 8 bridgehead atoms. The molecule has 52 heavy (non-hydrogen) atoms. The van der Waals surface area contributed by atoms with Crippen LogP contribution in [0, 0.1) is 0 Å². The standard InChI is InChI=1S/C45H31N5O2/c51-45(52)31-13-11-29(12-14-31)43-39-23-17-32(46-39)27-34-19-25-41(48-34)44(42-26-20-35(49-42)28-33-18-24-40(43)47-33)30-15-21-38(22-16-30)50(36-7-3-1-4-8-36)37-9-5-2-6-10-37/h1-28,46,49H,(H,51,52). The van der Waals surface area contributed by atoms with Gasteiger partial charge in [-0.05, 0) is 120 Å². The maximum atomic E-state index is 11.6. The van der Waals surface area contributed by atoms with Crippen molar-refractivity contribution >= 4 is 69.4 Å². The molecule has 9 rings (SSSR count).